The number of rotatable bonds is 3. The van der Waals surface area contributed by atoms with Crippen molar-refractivity contribution < 1.29 is 18.1 Å². The Morgan fingerprint density at radius 1 is 1.14 bits per heavy atom. The summed E-state index contributed by atoms with van der Waals surface area (Å²) < 4.78 is 32.4. The maximum Gasteiger partial charge on any atom is 0.295 e. The quantitative estimate of drug-likeness (QED) is 0.560. The fourth-order valence-corrected chi connectivity index (χ4v) is 3.13. The third-order valence-electron chi connectivity index (χ3n) is 2.90. The van der Waals surface area contributed by atoms with Gasteiger partial charge in [-0.05, 0) is 6.07 Å². The molecule has 0 radical (unpaired) electrons. The maximum absolute atomic E-state index is 11.5. The lowest BCUT2D eigenvalue weighted by molar-refractivity contribution is 0.480. The average molecular weight is 335 g/mol. The molecule has 0 spiro atoms. The highest BCUT2D eigenvalue weighted by atomic mass is 32.2. The number of phenols is 1. The van der Waals surface area contributed by atoms with Crippen LogP contribution in [0.2, 0.25) is 0 Å². The first-order chi connectivity index (χ1) is 10.5. The predicted molar refractivity (Wildman–Crippen MR) is 81.7 cm³/mol. The van der Waals surface area contributed by atoms with Crippen LogP contribution >= 0.6 is 11.3 Å². The summed E-state index contributed by atoms with van der Waals surface area (Å²) >= 11 is 1.24. The molecule has 0 saturated carbocycles. The van der Waals surface area contributed by atoms with E-state index in [0.29, 0.717) is 5.13 Å². The van der Waals surface area contributed by atoms with E-state index in [1.807, 2.05) is 0 Å². The van der Waals surface area contributed by atoms with Gasteiger partial charge >= 0.3 is 0 Å². The zero-order valence-corrected chi connectivity index (χ0v) is 12.5. The van der Waals surface area contributed by atoms with E-state index in [0.717, 1.165) is 6.07 Å². The molecule has 7 nitrogen and oxygen atoms in total. The minimum absolute atomic E-state index is 0.0680. The third kappa shape index (κ3) is 2.69. The van der Waals surface area contributed by atoms with Crippen LogP contribution in [0.3, 0.4) is 0 Å². The van der Waals surface area contributed by atoms with Gasteiger partial charge in [0, 0.05) is 22.3 Å². The third-order valence-corrected chi connectivity index (χ3v) is 4.45. The van der Waals surface area contributed by atoms with Gasteiger partial charge in [-0.25, -0.2) is 4.98 Å². The van der Waals surface area contributed by atoms with Crippen LogP contribution < -0.4 is 0 Å². The number of fused-ring (bicyclic) bond motifs is 1. The summed E-state index contributed by atoms with van der Waals surface area (Å²) in [4.78, 5) is 3.56. The Balaban J connectivity index is 2.25. The summed E-state index contributed by atoms with van der Waals surface area (Å²) in [5, 5.41) is 20.4. The van der Waals surface area contributed by atoms with Gasteiger partial charge in [-0.15, -0.1) is 21.6 Å². The SMILES string of the molecule is O=S(=O)(O)c1cc(/N=N/c2nccs2)c(O)c2ccccc12. The molecule has 3 aromatic rings. The largest absolute Gasteiger partial charge is 0.505 e. The molecule has 0 aliphatic carbocycles. The lowest BCUT2D eigenvalue weighted by atomic mass is 10.1. The number of aromatic nitrogens is 1. The number of phenolic OH excluding ortho intramolecular Hbond substituents is 1. The molecule has 22 heavy (non-hydrogen) atoms. The van der Waals surface area contributed by atoms with Crippen molar-refractivity contribution >= 4 is 43.0 Å². The lowest BCUT2D eigenvalue weighted by Crippen LogP contribution is -1.99. The summed E-state index contributed by atoms with van der Waals surface area (Å²) in [6.07, 6.45) is 1.54. The van der Waals surface area contributed by atoms with Gasteiger partial charge < -0.3 is 5.11 Å². The Hall–Kier alpha value is -2.36. The van der Waals surface area contributed by atoms with Gasteiger partial charge in [0.2, 0.25) is 5.13 Å². The highest BCUT2D eigenvalue weighted by Gasteiger charge is 2.19. The van der Waals surface area contributed by atoms with E-state index in [-0.39, 0.29) is 27.1 Å². The molecule has 0 amide bonds. The molecule has 0 aliphatic heterocycles. The van der Waals surface area contributed by atoms with Crippen LogP contribution in [0.5, 0.6) is 5.75 Å². The molecule has 0 aliphatic rings. The van der Waals surface area contributed by atoms with Crippen molar-refractivity contribution in [2.75, 3.05) is 0 Å². The van der Waals surface area contributed by atoms with Crippen LogP contribution in [0.1, 0.15) is 0 Å². The lowest BCUT2D eigenvalue weighted by Gasteiger charge is -2.08. The number of hydrogen-bond acceptors (Lipinski definition) is 7. The number of thiazole rings is 1. The first kappa shape index (κ1) is 14.6. The van der Waals surface area contributed by atoms with Crippen molar-refractivity contribution in [3.8, 4) is 5.75 Å². The van der Waals surface area contributed by atoms with Crippen LogP contribution in [0.25, 0.3) is 10.8 Å². The second-order valence-electron chi connectivity index (χ2n) is 4.28. The second kappa shape index (κ2) is 5.44. The van der Waals surface area contributed by atoms with Crippen molar-refractivity contribution in [2.45, 2.75) is 4.90 Å². The number of azo groups is 1. The van der Waals surface area contributed by atoms with Gasteiger partial charge in [0.05, 0.1) is 0 Å². The molecule has 0 atom stereocenters. The van der Waals surface area contributed by atoms with Gasteiger partial charge in [0.15, 0.2) is 5.75 Å². The van der Waals surface area contributed by atoms with Crippen LogP contribution in [0.4, 0.5) is 10.8 Å². The first-order valence-corrected chi connectivity index (χ1v) is 8.32. The Kier molecular flexibility index (Phi) is 3.61. The van der Waals surface area contributed by atoms with Crippen molar-refractivity contribution in [1.29, 1.82) is 0 Å². The van der Waals surface area contributed by atoms with Gasteiger partial charge in [-0.3, -0.25) is 4.55 Å². The molecule has 3 rings (SSSR count). The Morgan fingerprint density at radius 3 is 2.50 bits per heavy atom. The molecule has 2 N–H and O–H groups in total. The summed E-state index contributed by atoms with van der Waals surface area (Å²) in [6.45, 7) is 0. The van der Waals surface area contributed by atoms with E-state index < -0.39 is 10.1 Å². The molecule has 0 bridgehead atoms. The minimum Gasteiger partial charge on any atom is -0.505 e. The Bertz CT molecular complexity index is 966. The van der Waals surface area contributed by atoms with Crippen LogP contribution in [0.15, 0.2) is 57.0 Å². The summed E-state index contributed by atoms with van der Waals surface area (Å²) in [7, 11) is -4.47. The van der Waals surface area contributed by atoms with Gasteiger partial charge in [0.25, 0.3) is 10.1 Å². The summed E-state index contributed by atoms with van der Waals surface area (Å²) in [6, 6.07) is 7.33. The molecule has 1 heterocycles. The molecular formula is C13H9N3O4S2. The van der Waals surface area contributed by atoms with E-state index in [1.165, 1.54) is 23.5 Å². The molecule has 0 unspecified atom stereocenters. The van der Waals surface area contributed by atoms with E-state index in [2.05, 4.69) is 15.2 Å². The zero-order chi connectivity index (χ0) is 15.7. The maximum atomic E-state index is 11.5. The monoisotopic (exact) mass is 335 g/mol. The van der Waals surface area contributed by atoms with Crippen LogP contribution in [-0.2, 0) is 10.1 Å². The predicted octanol–water partition coefficient (Wildman–Crippen LogP) is 3.66. The zero-order valence-electron chi connectivity index (χ0n) is 10.9. The Labute approximate surface area is 129 Å². The van der Waals surface area contributed by atoms with Crippen LogP contribution in [0, 0.1) is 0 Å². The molecule has 0 saturated heterocycles. The topological polar surface area (TPSA) is 112 Å². The standard InChI is InChI=1S/C13H9N3O4S2/c17-12-9-4-2-1-3-8(9)11(22(18,19)20)7-10(12)15-16-13-14-5-6-21-13/h1-7,17H,(H,18,19,20)/b16-15+. The van der Waals surface area contributed by atoms with E-state index in [1.54, 1.807) is 23.7 Å². The summed E-state index contributed by atoms with van der Waals surface area (Å²) in [5.74, 6) is -0.219. The fraction of sp³-hybridized carbons (Fsp3) is 0. The molecule has 2 aromatic carbocycles. The number of nitrogens with zero attached hydrogens (tertiary/aromatic N) is 3. The van der Waals surface area contributed by atoms with E-state index in [4.69, 9.17) is 0 Å². The highest BCUT2D eigenvalue weighted by Crippen LogP contribution is 2.39. The first-order valence-electron chi connectivity index (χ1n) is 6.00. The van der Waals surface area contributed by atoms with Gasteiger partial charge in [-0.2, -0.15) is 8.42 Å². The van der Waals surface area contributed by atoms with Crippen LogP contribution in [-0.4, -0.2) is 23.1 Å². The Morgan fingerprint density at radius 2 is 1.86 bits per heavy atom. The molecule has 0 fully saturated rings. The van der Waals surface area contributed by atoms with Crippen molar-refractivity contribution in [2.24, 2.45) is 10.2 Å². The second-order valence-corrected chi connectivity index (χ2v) is 6.54. The number of hydrogen-bond donors (Lipinski definition) is 2. The van der Waals surface area contributed by atoms with E-state index >= 15 is 0 Å². The van der Waals surface area contributed by atoms with Crippen molar-refractivity contribution in [1.82, 2.24) is 4.98 Å². The molecule has 1 aromatic heterocycles. The smallest absolute Gasteiger partial charge is 0.295 e. The molecule has 9 heteroatoms. The van der Waals surface area contributed by atoms with Crippen molar-refractivity contribution in [3.05, 3.63) is 41.9 Å². The molecular weight excluding hydrogens is 326 g/mol. The minimum atomic E-state index is -4.47. The average Bonchev–Trinajstić information content (AvgIpc) is 2.99. The van der Waals surface area contributed by atoms with Gasteiger partial charge in [0.1, 0.15) is 10.6 Å². The van der Waals surface area contributed by atoms with Crippen molar-refractivity contribution in [3.63, 3.8) is 0 Å². The summed E-state index contributed by atoms with van der Waals surface area (Å²) in [5.41, 5.74) is -0.0680. The normalized spacial score (nSPS) is 12.2. The van der Waals surface area contributed by atoms with Gasteiger partial charge in [-0.1, -0.05) is 24.3 Å². The number of aromatic hydroxyl groups is 1. The highest BCUT2D eigenvalue weighted by molar-refractivity contribution is 7.86. The fourth-order valence-electron chi connectivity index (χ4n) is 1.96. The number of benzene rings is 2. The molecule has 112 valence electrons. The van der Waals surface area contributed by atoms with E-state index in [9.17, 15) is 18.1 Å².